The number of aliphatic hydroxyl groups is 1. The third-order valence-corrected chi connectivity index (χ3v) is 4.93. The minimum absolute atomic E-state index is 0.0512. The average Bonchev–Trinajstić information content (AvgIpc) is 2.43. The SMILES string of the molecule is COC(=O)c1ccc(CS(=O)(=O)NCC2(O)CCC2)cc1. The molecular weight excluding hydrogens is 294 g/mol. The maximum Gasteiger partial charge on any atom is 0.337 e. The van der Waals surface area contributed by atoms with Crippen LogP contribution in [0.5, 0.6) is 0 Å². The van der Waals surface area contributed by atoms with Crippen molar-refractivity contribution in [3.05, 3.63) is 35.4 Å². The van der Waals surface area contributed by atoms with Crippen molar-refractivity contribution in [3.63, 3.8) is 0 Å². The van der Waals surface area contributed by atoms with Gasteiger partial charge in [-0.2, -0.15) is 0 Å². The summed E-state index contributed by atoms with van der Waals surface area (Å²) in [6.07, 6.45) is 2.18. The molecule has 0 bridgehead atoms. The molecule has 2 rings (SSSR count). The number of methoxy groups -OCH3 is 1. The lowest BCUT2D eigenvalue weighted by Crippen LogP contribution is -2.47. The number of benzene rings is 1. The van der Waals surface area contributed by atoms with E-state index in [0.717, 1.165) is 6.42 Å². The van der Waals surface area contributed by atoms with Crippen LogP contribution < -0.4 is 4.72 Å². The molecule has 116 valence electrons. The number of sulfonamides is 1. The van der Waals surface area contributed by atoms with Gasteiger partial charge in [-0.25, -0.2) is 17.9 Å². The zero-order valence-corrected chi connectivity index (χ0v) is 12.6. The summed E-state index contributed by atoms with van der Waals surface area (Å²) < 4.78 is 30.9. The average molecular weight is 313 g/mol. The Bertz CT molecular complexity index is 605. The van der Waals surface area contributed by atoms with Crippen LogP contribution in [-0.4, -0.2) is 38.7 Å². The van der Waals surface area contributed by atoms with E-state index in [1.165, 1.54) is 19.2 Å². The van der Waals surface area contributed by atoms with Crippen LogP contribution in [0.2, 0.25) is 0 Å². The topological polar surface area (TPSA) is 92.7 Å². The zero-order chi connectivity index (χ0) is 15.5. The Morgan fingerprint density at radius 1 is 1.33 bits per heavy atom. The van der Waals surface area contributed by atoms with Gasteiger partial charge in [0.15, 0.2) is 0 Å². The van der Waals surface area contributed by atoms with Gasteiger partial charge in [0.25, 0.3) is 0 Å². The van der Waals surface area contributed by atoms with Crippen molar-refractivity contribution in [2.75, 3.05) is 13.7 Å². The highest BCUT2D eigenvalue weighted by atomic mass is 32.2. The number of rotatable bonds is 6. The minimum Gasteiger partial charge on any atom is -0.465 e. The Balaban J connectivity index is 1.94. The van der Waals surface area contributed by atoms with Gasteiger partial charge >= 0.3 is 5.97 Å². The second-order valence-electron chi connectivity index (χ2n) is 5.35. The van der Waals surface area contributed by atoms with Gasteiger partial charge in [-0.3, -0.25) is 0 Å². The van der Waals surface area contributed by atoms with Crippen LogP contribution in [0.4, 0.5) is 0 Å². The van der Waals surface area contributed by atoms with E-state index >= 15 is 0 Å². The highest BCUT2D eigenvalue weighted by molar-refractivity contribution is 7.88. The first-order chi connectivity index (χ1) is 9.84. The molecule has 0 saturated heterocycles. The summed E-state index contributed by atoms with van der Waals surface area (Å²) in [5.41, 5.74) is 0.0491. The van der Waals surface area contributed by atoms with E-state index < -0.39 is 21.6 Å². The number of nitrogens with one attached hydrogen (secondary N) is 1. The van der Waals surface area contributed by atoms with Gasteiger partial charge < -0.3 is 9.84 Å². The lowest BCUT2D eigenvalue weighted by atomic mass is 9.81. The zero-order valence-electron chi connectivity index (χ0n) is 11.8. The molecule has 0 unspecified atom stereocenters. The molecule has 0 radical (unpaired) electrons. The van der Waals surface area contributed by atoms with E-state index in [1.807, 2.05) is 0 Å². The van der Waals surface area contributed by atoms with Crippen molar-refractivity contribution < 1.29 is 23.1 Å². The van der Waals surface area contributed by atoms with E-state index in [9.17, 15) is 18.3 Å². The molecule has 0 spiro atoms. The number of carbonyl (C=O) groups is 1. The summed E-state index contributed by atoms with van der Waals surface area (Å²) in [7, 11) is -2.22. The van der Waals surface area contributed by atoms with Gasteiger partial charge in [-0.1, -0.05) is 12.1 Å². The van der Waals surface area contributed by atoms with Crippen molar-refractivity contribution in [3.8, 4) is 0 Å². The quantitative estimate of drug-likeness (QED) is 0.758. The van der Waals surface area contributed by atoms with E-state index in [2.05, 4.69) is 9.46 Å². The molecule has 0 aromatic heterocycles. The molecule has 2 N–H and O–H groups in total. The predicted molar refractivity (Wildman–Crippen MR) is 77.2 cm³/mol. The van der Waals surface area contributed by atoms with Crippen LogP contribution >= 0.6 is 0 Å². The van der Waals surface area contributed by atoms with Gasteiger partial charge in [0.1, 0.15) is 0 Å². The molecule has 0 aliphatic heterocycles. The largest absolute Gasteiger partial charge is 0.465 e. The summed E-state index contributed by atoms with van der Waals surface area (Å²) in [4.78, 5) is 11.3. The summed E-state index contributed by atoms with van der Waals surface area (Å²) >= 11 is 0. The molecule has 1 fully saturated rings. The van der Waals surface area contributed by atoms with Gasteiger partial charge in [0.05, 0.1) is 24.0 Å². The molecular formula is C14H19NO5S. The molecule has 1 aliphatic rings. The summed E-state index contributed by atoms with van der Waals surface area (Å²) in [5, 5.41) is 9.89. The van der Waals surface area contributed by atoms with Crippen LogP contribution in [0.25, 0.3) is 0 Å². The molecule has 0 heterocycles. The molecule has 0 amide bonds. The number of esters is 1. The Hall–Kier alpha value is -1.44. The Labute approximate surface area is 124 Å². The van der Waals surface area contributed by atoms with Gasteiger partial charge in [-0.15, -0.1) is 0 Å². The molecule has 0 atom stereocenters. The normalized spacial score (nSPS) is 17.0. The van der Waals surface area contributed by atoms with E-state index in [4.69, 9.17) is 0 Å². The van der Waals surface area contributed by atoms with Crippen molar-refractivity contribution in [2.24, 2.45) is 0 Å². The summed E-state index contributed by atoms with van der Waals surface area (Å²) in [6.45, 7) is 0.0512. The molecule has 1 aromatic rings. The number of carbonyl (C=O) groups excluding carboxylic acids is 1. The van der Waals surface area contributed by atoms with Crippen LogP contribution in [0.3, 0.4) is 0 Å². The fraction of sp³-hybridized carbons (Fsp3) is 0.500. The standard InChI is InChI=1S/C14H19NO5S/c1-20-13(16)12-5-3-11(4-6-12)9-21(18,19)15-10-14(17)7-2-8-14/h3-6,15,17H,2,7-10H2,1H3. The second kappa shape index (κ2) is 6.13. The third kappa shape index (κ3) is 4.26. The van der Waals surface area contributed by atoms with Gasteiger partial charge in [-0.05, 0) is 37.0 Å². The molecule has 1 saturated carbocycles. The monoisotopic (exact) mass is 313 g/mol. The first-order valence-corrected chi connectivity index (χ1v) is 8.36. The minimum atomic E-state index is -3.51. The fourth-order valence-corrected chi connectivity index (χ4v) is 3.35. The predicted octanol–water partition coefficient (Wildman–Crippen LogP) is 0.808. The molecule has 1 aliphatic carbocycles. The Morgan fingerprint density at radius 2 is 1.95 bits per heavy atom. The highest BCUT2D eigenvalue weighted by Crippen LogP contribution is 2.30. The highest BCUT2D eigenvalue weighted by Gasteiger charge is 2.35. The van der Waals surface area contributed by atoms with E-state index in [-0.39, 0.29) is 12.3 Å². The van der Waals surface area contributed by atoms with Crippen LogP contribution in [-0.2, 0) is 20.5 Å². The molecule has 7 heteroatoms. The van der Waals surface area contributed by atoms with Crippen molar-refractivity contribution in [2.45, 2.75) is 30.6 Å². The Morgan fingerprint density at radius 3 is 2.43 bits per heavy atom. The number of ether oxygens (including phenoxy) is 1. The van der Waals surface area contributed by atoms with Gasteiger partial charge in [0.2, 0.25) is 10.0 Å². The smallest absolute Gasteiger partial charge is 0.337 e. The first-order valence-electron chi connectivity index (χ1n) is 6.71. The molecule has 6 nitrogen and oxygen atoms in total. The van der Waals surface area contributed by atoms with E-state index in [0.29, 0.717) is 24.0 Å². The van der Waals surface area contributed by atoms with E-state index in [1.54, 1.807) is 12.1 Å². The van der Waals surface area contributed by atoms with Crippen molar-refractivity contribution in [1.29, 1.82) is 0 Å². The second-order valence-corrected chi connectivity index (χ2v) is 7.15. The lowest BCUT2D eigenvalue weighted by molar-refractivity contribution is -0.0271. The molecule has 21 heavy (non-hydrogen) atoms. The molecule has 1 aromatic carbocycles. The maximum absolute atomic E-state index is 11.9. The van der Waals surface area contributed by atoms with Crippen LogP contribution in [0.1, 0.15) is 35.2 Å². The first kappa shape index (κ1) is 15.9. The maximum atomic E-state index is 11.9. The van der Waals surface area contributed by atoms with Crippen molar-refractivity contribution >= 4 is 16.0 Å². The van der Waals surface area contributed by atoms with Gasteiger partial charge in [0, 0.05) is 6.54 Å². The number of hydrogen-bond donors (Lipinski definition) is 2. The lowest BCUT2D eigenvalue weighted by Gasteiger charge is -2.36. The summed E-state index contributed by atoms with van der Waals surface area (Å²) in [6, 6.07) is 6.19. The third-order valence-electron chi connectivity index (χ3n) is 3.64. The van der Waals surface area contributed by atoms with Crippen LogP contribution in [0, 0.1) is 0 Å². The number of hydrogen-bond acceptors (Lipinski definition) is 5. The summed E-state index contributed by atoms with van der Waals surface area (Å²) in [5.74, 6) is -0.653. The Kier molecular flexibility index (Phi) is 4.65. The fourth-order valence-electron chi connectivity index (χ4n) is 2.13. The van der Waals surface area contributed by atoms with Crippen LogP contribution in [0.15, 0.2) is 24.3 Å². The van der Waals surface area contributed by atoms with Crippen molar-refractivity contribution in [1.82, 2.24) is 4.72 Å².